The molecule has 7 atom stereocenters. The smallest absolute Gasteiger partial charge is 0.410 e. The number of carbonyl (C=O) groups is 5. The van der Waals surface area contributed by atoms with Gasteiger partial charge in [-0.3, -0.25) is 14.4 Å². The van der Waals surface area contributed by atoms with Gasteiger partial charge >= 0.3 is 18.0 Å². The van der Waals surface area contributed by atoms with Gasteiger partial charge in [0.05, 0.1) is 38.5 Å². The summed E-state index contributed by atoms with van der Waals surface area (Å²) in [6.07, 6.45) is -8.73. The van der Waals surface area contributed by atoms with Crippen LogP contribution in [0.5, 0.6) is 5.75 Å². The van der Waals surface area contributed by atoms with E-state index >= 15 is 0 Å². The number of amides is 2. The lowest BCUT2D eigenvalue weighted by Crippen LogP contribution is -2.61. The molecule has 2 fully saturated rings. The second-order valence-electron chi connectivity index (χ2n) is 13.9. The van der Waals surface area contributed by atoms with E-state index in [1.54, 1.807) is 24.8 Å². The number of carboxylic acids is 2. The number of aliphatic hydroxyl groups is 3. The van der Waals surface area contributed by atoms with E-state index in [0.29, 0.717) is 57.9 Å². The van der Waals surface area contributed by atoms with Gasteiger partial charge in [-0.05, 0) is 36.5 Å². The van der Waals surface area contributed by atoms with Crippen LogP contribution in [0.25, 0.3) is 0 Å². The van der Waals surface area contributed by atoms with E-state index in [1.165, 1.54) is 12.1 Å². The fraction of sp³-hybridized carbons (Fsp3) is 0.694. The monoisotopic (exact) mass is 769 g/mol. The van der Waals surface area contributed by atoms with Gasteiger partial charge in [0.2, 0.25) is 12.2 Å². The van der Waals surface area contributed by atoms with Gasteiger partial charge in [0.15, 0.2) is 6.10 Å². The third kappa shape index (κ3) is 13.7. The quantitative estimate of drug-likeness (QED) is 0.0860. The SMILES string of the molecule is CC(C)[C@H](C)C(=O)C[C@@H](C)C(=O)Nc1ccc(COC(=O)N2CCC(NCCOCCOCCC(=O)O)CC2)cc1O[C@@H]1O[C@H](C(=O)O)[C@@H](O)[C@H](O)[C@H]1O. The third-order valence-corrected chi connectivity index (χ3v) is 9.45. The van der Waals surface area contributed by atoms with Crippen LogP contribution in [0, 0.1) is 17.8 Å². The van der Waals surface area contributed by atoms with Crippen molar-refractivity contribution in [3.05, 3.63) is 23.8 Å². The van der Waals surface area contributed by atoms with Gasteiger partial charge in [-0.15, -0.1) is 0 Å². The topological polar surface area (TPSA) is 260 Å². The van der Waals surface area contributed by atoms with Crippen molar-refractivity contribution in [2.75, 3.05) is 51.4 Å². The standard InChI is InChI=1S/C36H55N3O15/c1-20(2)22(4)26(40)17-21(3)33(46)38-25-6-5-23(18-27(25)53-35-31(45)29(43)30(44)32(54-35)34(47)48)19-52-36(49)39-11-7-24(8-12-39)37-10-14-51-16-15-50-13-9-28(41)42/h5-6,18,20-22,24,29-32,35,37,43-45H,7-17,19H2,1-4H3,(H,38,46)(H,41,42)(H,47,48)/t21-,22+,29+,30+,31-,32+,35-/m1/s1. The summed E-state index contributed by atoms with van der Waals surface area (Å²) in [4.78, 5) is 62.5. The number of likely N-dealkylation sites (tertiary alicyclic amines) is 1. The fourth-order valence-corrected chi connectivity index (χ4v) is 5.66. The minimum Gasteiger partial charge on any atom is -0.481 e. The Kier molecular flexibility index (Phi) is 18.0. The molecule has 7 N–H and O–H groups in total. The Balaban J connectivity index is 1.58. The molecule has 18 nitrogen and oxygen atoms in total. The van der Waals surface area contributed by atoms with Crippen molar-refractivity contribution in [2.45, 2.75) is 96.7 Å². The van der Waals surface area contributed by atoms with Gasteiger partial charge in [-0.2, -0.15) is 0 Å². The summed E-state index contributed by atoms with van der Waals surface area (Å²) in [6, 6.07) is 4.57. The maximum atomic E-state index is 13.2. The Morgan fingerprint density at radius 3 is 2.20 bits per heavy atom. The molecule has 2 aliphatic heterocycles. The van der Waals surface area contributed by atoms with Gasteiger partial charge in [0.25, 0.3) is 0 Å². The molecule has 0 bridgehead atoms. The van der Waals surface area contributed by atoms with Crippen LogP contribution in [-0.2, 0) is 44.7 Å². The van der Waals surface area contributed by atoms with Crippen LogP contribution in [0.4, 0.5) is 10.5 Å². The second kappa shape index (κ2) is 21.8. The molecule has 304 valence electrons. The summed E-state index contributed by atoms with van der Waals surface area (Å²) in [5, 5.41) is 55.1. The van der Waals surface area contributed by atoms with Crippen LogP contribution in [0.1, 0.15) is 58.9 Å². The Bertz CT molecular complexity index is 1400. The van der Waals surface area contributed by atoms with E-state index in [9.17, 15) is 44.4 Å². The minimum absolute atomic E-state index is 0.0133. The molecule has 0 radical (unpaired) electrons. The number of hydrogen-bond acceptors (Lipinski definition) is 14. The summed E-state index contributed by atoms with van der Waals surface area (Å²) < 4.78 is 27.3. The lowest BCUT2D eigenvalue weighted by atomic mass is 9.88. The molecule has 3 rings (SSSR count). The predicted octanol–water partition coefficient (Wildman–Crippen LogP) is 0.982. The first-order valence-corrected chi connectivity index (χ1v) is 18.2. The Morgan fingerprint density at radius 1 is 0.907 bits per heavy atom. The average molecular weight is 770 g/mol. The summed E-state index contributed by atoms with van der Waals surface area (Å²) in [5.74, 6) is -4.12. The fourth-order valence-electron chi connectivity index (χ4n) is 5.66. The van der Waals surface area contributed by atoms with E-state index in [4.69, 9.17) is 28.8 Å². The molecular weight excluding hydrogens is 714 g/mol. The van der Waals surface area contributed by atoms with Crippen LogP contribution in [0.2, 0.25) is 0 Å². The van der Waals surface area contributed by atoms with Crippen LogP contribution < -0.4 is 15.4 Å². The zero-order valence-corrected chi connectivity index (χ0v) is 31.2. The van der Waals surface area contributed by atoms with E-state index in [0.717, 1.165) is 0 Å². The van der Waals surface area contributed by atoms with Crippen LogP contribution in [0.15, 0.2) is 18.2 Å². The van der Waals surface area contributed by atoms with Crippen molar-refractivity contribution >= 4 is 35.4 Å². The molecule has 0 unspecified atom stereocenters. The van der Waals surface area contributed by atoms with Crippen molar-refractivity contribution in [3.63, 3.8) is 0 Å². The normalized spacial score (nSPS) is 23.0. The zero-order valence-electron chi connectivity index (χ0n) is 31.2. The number of rotatable bonds is 21. The molecule has 2 aliphatic rings. The van der Waals surface area contributed by atoms with Crippen LogP contribution in [0.3, 0.4) is 0 Å². The van der Waals surface area contributed by atoms with Crippen molar-refractivity contribution < 1.29 is 73.2 Å². The number of piperidine rings is 1. The number of nitrogens with one attached hydrogen (secondary N) is 2. The van der Waals surface area contributed by atoms with E-state index < -0.39 is 60.6 Å². The minimum atomic E-state index is -1.95. The van der Waals surface area contributed by atoms with E-state index in [1.807, 2.05) is 13.8 Å². The summed E-state index contributed by atoms with van der Waals surface area (Å²) in [6.45, 7) is 9.74. The summed E-state index contributed by atoms with van der Waals surface area (Å²) in [7, 11) is 0. The number of anilines is 1. The highest BCUT2D eigenvalue weighted by molar-refractivity contribution is 5.96. The number of nitrogens with zero attached hydrogens (tertiary/aromatic N) is 1. The lowest BCUT2D eigenvalue weighted by molar-refractivity contribution is -0.271. The zero-order chi connectivity index (χ0) is 39.9. The molecule has 0 aromatic heterocycles. The number of hydrogen-bond donors (Lipinski definition) is 7. The predicted molar refractivity (Wildman–Crippen MR) is 189 cm³/mol. The van der Waals surface area contributed by atoms with Gasteiger partial charge in [-0.25, -0.2) is 9.59 Å². The summed E-state index contributed by atoms with van der Waals surface area (Å²) >= 11 is 0. The summed E-state index contributed by atoms with van der Waals surface area (Å²) in [5.41, 5.74) is 0.466. The number of Topliss-reactive ketones (excluding diaryl/α,β-unsaturated/α-hetero) is 1. The van der Waals surface area contributed by atoms with Crippen LogP contribution in [-0.4, -0.2) is 143 Å². The van der Waals surface area contributed by atoms with Gasteiger partial charge in [0, 0.05) is 43.9 Å². The van der Waals surface area contributed by atoms with Gasteiger partial charge in [-0.1, -0.05) is 33.8 Å². The molecule has 0 saturated carbocycles. The molecular formula is C36H55N3O15. The first-order valence-electron chi connectivity index (χ1n) is 18.2. The molecule has 0 aliphatic carbocycles. The van der Waals surface area contributed by atoms with Crippen molar-refractivity contribution in [1.82, 2.24) is 10.2 Å². The lowest BCUT2D eigenvalue weighted by Gasteiger charge is -2.38. The van der Waals surface area contributed by atoms with E-state index in [2.05, 4.69) is 10.6 Å². The maximum absolute atomic E-state index is 13.2. The number of aliphatic carboxylic acids is 2. The number of benzene rings is 1. The first kappa shape index (κ1) is 44.5. The highest BCUT2D eigenvalue weighted by Gasteiger charge is 2.48. The third-order valence-electron chi connectivity index (χ3n) is 9.45. The van der Waals surface area contributed by atoms with Gasteiger partial charge in [0.1, 0.15) is 36.5 Å². The number of carboxylic acid groups (broad SMARTS) is 2. The molecule has 54 heavy (non-hydrogen) atoms. The molecule has 18 heteroatoms. The number of ketones is 1. The maximum Gasteiger partial charge on any atom is 0.410 e. The highest BCUT2D eigenvalue weighted by Crippen LogP contribution is 2.32. The molecule has 2 saturated heterocycles. The van der Waals surface area contributed by atoms with E-state index in [-0.39, 0.29) is 61.2 Å². The average Bonchev–Trinajstić information content (AvgIpc) is 3.13. The number of ether oxygens (including phenoxy) is 5. The molecule has 2 heterocycles. The Hall–Kier alpha value is -3.91. The van der Waals surface area contributed by atoms with Crippen molar-refractivity contribution in [2.24, 2.45) is 17.8 Å². The molecule has 1 aromatic carbocycles. The Morgan fingerprint density at radius 2 is 1.57 bits per heavy atom. The van der Waals surface area contributed by atoms with Crippen molar-refractivity contribution in [1.29, 1.82) is 0 Å². The van der Waals surface area contributed by atoms with Crippen molar-refractivity contribution in [3.8, 4) is 5.75 Å². The number of carbonyl (C=O) groups excluding carboxylic acids is 3. The molecule has 1 aromatic rings. The number of aliphatic hydroxyl groups excluding tert-OH is 3. The Labute approximate surface area is 314 Å². The largest absolute Gasteiger partial charge is 0.481 e. The highest BCUT2D eigenvalue weighted by atomic mass is 16.7. The molecule has 2 amide bonds. The van der Waals surface area contributed by atoms with Crippen LogP contribution >= 0.6 is 0 Å². The molecule has 0 spiro atoms. The second-order valence-corrected chi connectivity index (χ2v) is 13.9. The van der Waals surface area contributed by atoms with Gasteiger partial charge < -0.3 is 64.8 Å². The first-order chi connectivity index (χ1) is 25.6.